The van der Waals surface area contributed by atoms with Crippen molar-refractivity contribution in [3.8, 4) is 5.75 Å². The lowest BCUT2D eigenvalue weighted by Crippen LogP contribution is -2.12. The number of aliphatic carboxylic acids is 1. The minimum Gasteiger partial charge on any atom is -0.508 e. The number of aryl methyl sites for hydroxylation is 1. The van der Waals surface area contributed by atoms with Gasteiger partial charge in [0.25, 0.3) is 0 Å². The lowest BCUT2D eigenvalue weighted by molar-refractivity contribution is -0.138. The Morgan fingerprint density at radius 2 is 2.06 bits per heavy atom. The predicted octanol–water partition coefficient (Wildman–Crippen LogP) is 2.92. The maximum absolute atomic E-state index is 11.1. The van der Waals surface area contributed by atoms with Crippen LogP contribution in [-0.2, 0) is 11.2 Å². The lowest BCUT2D eigenvalue weighted by Gasteiger charge is -2.15. The second-order valence-corrected chi connectivity index (χ2v) is 3.93. The van der Waals surface area contributed by atoms with E-state index in [1.165, 1.54) is 0 Å². The third-order valence-corrected chi connectivity index (χ3v) is 2.73. The maximum Gasteiger partial charge on any atom is 0.310 e. The molecule has 1 atom stereocenters. The van der Waals surface area contributed by atoms with Gasteiger partial charge in [-0.3, -0.25) is 4.79 Å². The predicted molar refractivity (Wildman–Crippen MR) is 62.8 cm³/mol. The van der Waals surface area contributed by atoms with Crippen LogP contribution in [0.15, 0.2) is 18.2 Å². The number of aromatic hydroxyl groups is 1. The molecule has 0 spiro atoms. The van der Waals surface area contributed by atoms with Crippen LogP contribution in [0.5, 0.6) is 5.75 Å². The van der Waals surface area contributed by atoms with Crippen LogP contribution in [0.2, 0.25) is 0 Å². The van der Waals surface area contributed by atoms with Crippen LogP contribution < -0.4 is 0 Å². The molecule has 1 rings (SSSR count). The molecule has 0 aliphatic rings. The van der Waals surface area contributed by atoms with Crippen molar-refractivity contribution in [1.29, 1.82) is 0 Å². The molecule has 0 heterocycles. The summed E-state index contributed by atoms with van der Waals surface area (Å²) in [5.41, 5.74) is 1.77. The van der Waals surface area contributed by atoms with E-state index < -0.39 is 11.9 Å². The molecule has 0 radical (unpaired) electrons. The highest BCUT2D eigenvalue weighted by Gasteiger charge is 2.20. The summed E-state index contributed by atoms with van der Waals surface area (Å²) in [7, 11) is 0. The highest BCUT2D eigenvalue weighted by molar-refractivity contribution is 5.76. The summed E-state index contributed by atoms with van der Waals surface area (Å²) in [6, 6.07) is 4.95. The summed E-state index contributed by atoms with van der Waals surface area (Å²) in [6.45, 7) is 3.90. The van der Waals surface area contributed by atoms with Crippen LogP contribution in [0.4, 0.5) is 0 Å². The quantitative estimate of drug-likeness (QED) is 0.805. The SMILES string of the molecule is CCCc1cc(O)ccc1C(CC)C(=O)O. The number of phenolic OH excluding ortho intramolecular Hbond substituents is 1. The number of phenols is 1. The molecule has 0 aliphatic heterocycles. The molecule has 2 N–H and O–H groups in total. The highest BCUT2D eigenvalue weighted by atomic mass is 16.4. The first-order valence-electron chi connectivity index (χ1n) is 5.64. The molecule has 0 aromatic heterocycles. The van der Waals surface area contributed by atoms with Crippen molar-refractivity contribution in [2.24, 2.45) is 0 Å². The molecule has 1 unspecified atom stereocenters. The second kappa shape index (κ2) is 5.54. The maximum atomic E-state index is 11.1. The van der Waals surface area contributed by atoms with E-state index in [0.29, 0.717) is 6.42 Å². The molecule has 3 heteroatoms. The van der Waals surface area contributed by atoms with Gasteiger partial charge in [0.1, 0.15) is 5.75 Å². The lowest BCUT2D eigenvalue weighted by atomic mass is 9.90. The first-order chi connectivity index (χ1) is 7.60. The molecule has 16 heavy (non-hydrogen) atoms. The number of carboxylic acids is 1. The average molecular weight is 222 g/mol. The monoisotopic (exact) mass is 222 g/mol. The van der Waals surface area contributed by atoms with Gasteiger partial charge in [0.05, 0.1) is 5.92 Å². The van der Waals surface area contributed by atoms with Gasteiger partial charge in [0.2, 0.25) is 0 Å². The Labute approximate surface area is 95.7 Å². The Morgan fingerprint density at radius 1 is 1.38 bits per heavy atom. The largest absolute Gasteiger partial charge is 0.508 e. The number of carbonyl (C=O) groups is 1. The minimum atomic E-state index is -0.800. The van der Waals surface area contributed by atoms with E-state index >= 15 is 0 Å². The fourth-order valence-corrected chi connectivity index (χ4v) is 1.95. The van der Waals surface area contributed by atoms with Crippen LogP contribution >= 0.6 is 0 Å². The molecule has 0 aliphatic carbocycles. The van der Waals surface area contributed by atoms with E-state index in [0.717, 1.165) is 24.0 Å². The Kier molecular flexibility index (Phi) is 4.35. The summed E-state index contributed by atoms with van der Waals surface area (Å²) in [5.74, 6) is -1.07. The molecule has 0 fully saturated rings. The zero-order chi connectivity index (χ0) is 12.1. The van der Waals surface area contributed by atoms with Crippen molar-refractivity contribution in [2.45, 2.75) is 39.0 Å². The van der Waals surface area contributed by atoms with E-state index in [-0.39, 0.29) is 5.75 Å². The van der Waals surface area contributed by atoms with Gasteiger partial charge in [-0.2, -0.15) is 0 Å². The van der Waals surface area contributed by atoms with E-state index in [4.69, 9.17) is 5.11 Å². The number of hydrogen-bond donors (Lipinski definition) is 2. The van der Waals surface area contributed by atoms with Gasteiger partial charge in [0, 0.05) is 0 Å². The zero-order valence-electron chi connectivity index (χ0n) is 9.73. The summed E-state index contributed by atoms with van der Waals surface area (Å²) in [6.07, 6.45) is 2.30. The van der Waals surface area contributed by atoms with Crippen molar-refractivity contribution < 1.29 is 15.0 Å². The normalized spacial score (nSPS) is 12.4. The fraction of sp³-hybridized carbons (Fsp3) is 0.462. The molecule has 0 amide bonds. The zero-order valence-corrected chi connectivity index (χ0v) is 9.73. The Balaban J connectivity index is 3.14. The number of rotatable bonds is 5. The third-order valence-electron chi connectivity index (χ3n) is 2.73. The molecule has 0 saturated carbocycles. The highest BCUT2D eigenvalue weighted by Crippen LogP contribution is 2.27. The fourth-order valence-electron chi connectivity index (χ4n) is 1.95. The van der Waals surface area contributed by atoms with E-state index in [9.17, 15) is 9.90 Å². The van der Waals surface area contributed by atoms with Crippen LogP contribution in [0.25, 0.3) is 0 Å². The molecule has 88 valence electrons. The first-order valence-corrected chi connectivity index (χ1v) is 5.64. The summed E-state index contributed by atoms with van der Waals surface area (Å²) in [4.78, 5) is 11.1. The van der Waals surface area contributed by atoms with Crippen LogP contribution in [0.3, 0.4) is 0 Å². The molecule has 0 bridgehead atoms. The van der Waals surface area contributed by atoms with Crippen molar-refractivity contribution in [1.82, 2.24) is 0 Å². The van der Waals surface area contributed by atoms with Gasteiger partial charge in [0.15, 0.2) is 0 Å². The smallest absolute Gasteiger partial charge is 0.310 e. The van der Waals surface area contributed by atoms with Gasteiger partial charge < -0.3 is 10.2 Å². The van der Waals surface area contributed by atoms with E-state index in [2.05, 4.69) is 0 Å². The Hall–Kier alpha value is -1.51. The van der Waals surface area contributed by atoms with Gasteiger partial charge in [-0.25, -0.2) is 0 Å². The summed E-state index contributed by atoms with van der Waals surface area (Å²) >= 11 is 0. The molecule has 1 aromatic rings. The molecule has 3 nitrogen and oxygen atoms in total. The van der Waals surface area contributed by atoms with E-state index in [1.807, 2.05) is 13.8 Å². The van der Waals surface area contributed by atoms with Gasteiger partial charge in [-0.15, -0.1) is 0 Å². The summed E-state index contributed by atoms with van der Waals surface area (Å²) in [5, 5.41) is 18.5. The minimum absolute atomic E-state index is 0.201. The van der Waals surface area contributed by atoms with Gasteiger partial charge >= 0.3 is 5.97 Å². The Morgan fingerprint density at radius 3 is 2.56 bits per heavy atom. The van der Waals surface area contributed by atoms with Gasteiger partial charge in [-0.1, -0.05) is 26.3 Å². The third kappa shape index (κ3) is 2.75. The molecule has 1 aromatic carbocycles. The average Bonchev–Trinajstić information content (AvgIpc) is 2.22. The molecular weight excluding hydrogens is 204 g/mol. The number of carboxylic acid groups (broad SMARTS) is 1. The van der Waals surface area contributed by atoms with Crippen molar-refractivity contribution >= 4 is 5.97 Å². The molecular formula is C13H18O3. The van der Waals surface area contributed by atoms with Crippen LogP contribution in [0.1, 0.15) is 43.7 Å². The number of hydrogen-bond acceptors (Lipinski definition) is 2. The number of benzene rings is 1. The van der Waals surface area contributed by atoms with Gasteiger partial charge in [-0.05, 0) is 36.1 Å². The molecule has 0 saturated heterocycles. The Bertz CT molecular complexity index is 371. The second-order valence-electron chi connectivity index (χ2n) is 3.93. The van der Waals surface area contributed by atoms with E-state index in [1.54, 1.807) is 18.2 Å². The standard InChI is InChI=1S/C13H18O3/c1-3-5-9-8-10(14)6-7-12(9)11(4-2)13(15)16/h6-8,11,14H,3-5H2,1-2H3,(H,15,16). The van der Waals surface area contributed by atoms with Crippen LogP contribution in [-0.4, -0.2) is 16.2 Å². The van der Waals surface area contributed by atoms with Crippen molar-refractivity contribution in [2.75, 3.05) is 0 Å². The van der Waals surface area contributed by atoms with Crippen LogP contribution in [0, 0.1) is 0 Å². The topological polar surface area (TPSA) is 57.5 Å². The summed E-state index contributed by atoms with van der Waals surface area (Å²) < 4.78 is 0. The first kappa shape index (κ1) is 12.6. The van der Waals surface area contributed by atoms with Crippen molar-refractivity contribution in [3.05, 3.63) is 29.3 Å². The van der Waals surface area contributed by atoms with Crippen molar-refractivity contribution in [3.63, 3.8) is 0 Å².